The summed E-state index contributed by atoms with van der Waals surface area (Å²) in [6.45, 7) is 0. The van der Waals surface area contributed by atoms with Crippen LogP contribution in [0.3, 0.4) is 0 Å². The topological polar surface area (TPSA) is 165 Å². The van der Waals surface area contributed by atoms with E-state index in [9.17, 15) is 36.0 Å². The van der Waals surface area contributed by atoms with Gasteiger partial charge in [-0.1, -0.05) is 45.9 Å². The molecule has 0 aliphatic rings. The molecule has 0 unspecified atom stereocenters. The van der Waals surface area contributed by atoms with Crippen molar-refractivity contribution < 1.29 is 25.4 Å². The van der Waals surface area contributed by atoms with Gasteiger partial charge in [0.2, 0.25) is 0 Å². The van der Waals surface area contributed by atoms with Crippen LogP contribution in [0.4, 0.5) is 0 Å². The standard InChI is InChI=1S/C22H12N2O10S2/c25-19-15-11-17-18(22(28)24(21(17)27)34-36(31,32)14-9-5-2-6-10-14)12-16(15)20(26)23(19)33-35(29,30)13-7-3-1-4-8-13/h1-12H. The smallest absolute Gasteiger partial charge is 0.277 e. The third-order valence-corrected chi connectivity index (χ3v) is 7.62. The molecular weight excluding hydrogens is 516 g/mol. The third kappa shape index (κ3) is 3.59. The fourth-order valence-electron chi connectivity index (χ4n) is 3.52. The molecule has 12 nitrogen and oxygen atoms in total. The van der Waals surface area contributed by atoms with Gasteiger partial charge >= 0.3 is 20.2 Å². The van der Waals surface area contributed by atoms with Crippen molar-refractivity contribution in [2.45, 2.75) is 9.79 Å². The van der Waals surface area contributed by atoms with Crippen LogP contribution in [0.15, 0.2) is 102 Å². The summed E-state index contributed by atoms with van der Waals surface area (Å²) in [6, 6.07) is 15.3. The van der Waals surface area contributed by atoms with Crippen LogP contribution >= 0.6 is 0 Å². The number of benzene rings is 3. The molecule has 0 saturated heterocycles. The van der Waals surface area contributed by atoms with Crippen molar-refractivity contribution in [2.75, 3.05) is 0 Å². The normalized spacial score (nSPS) is 12.2. The van der Waals surface area contributed by atoms with E-state index in [1.54, 1.807) is 12.1 Å². The first-order valence-corrected chi connectivity index (χ1v) is 12.8. The van der Waals surface area contributed by atoms with E-state index in [4.69, 9.17) is 8.57 Å². The Morgan fingerprint density at radius 1 is 0.472 bits per heavy atom. The van der Waals surface area contributed by atoms with Gasteiger partial charge in [-0.3, -0.25) is 27.7 Å². The monoisotopic (exact) mass is 528 g/mol. The van der Waals surface area contributed by atoms with Crippen molar-refractivity contribution in [1.82, 2.24) is 9.46 Å². The zero-order valence-corrected chi connectivity index (χ0v) is 19.4. The van der Waals surface area contributed by atoms with Crippen molar-refractivity contribution in [3.05, 3.63) is 114 Å². The van der Waals surface area contributed by atoms with Crippen LogP contribution in [0.1, 0.15) is 0 Å². The number of hydrogen-bond donors (Lipinski definition) is 0. The zero-order valence-electron chi connectivity index (χ0n) is 17.7. The van der Waals surface area contributed by atoms with Gasteiger partial charge in [-0.05, 0) is 36.4 Å². The van der Waals surface area contributed by atoms with Crippen LogP contribution in [0.5, 0.6) is 0 Å². The van der Waals surface area contributed by atoms with Crippen LogP contribution in [-0.2, 0) is 20.2 Å². The van der Waals surface area contributed by atoms with Crippen molar-refractivity contribution in [3.63, 3.8) is 0 Å². The molecule has 5 rings (SSSR count). The summed E-state index contributed by atoms with van der Waals surface area (Å²) in [5.41, 5.74) is -4.80. The summed E-state index contributed by atoms with van der Waals surface area (Å²) < 4.78 is 59.4. The Balaban J connectivity index is 1.64. The minimum Gasteiger partial charge on any atom is -0.277 e. The molecule has 2 aromatic heterocycles. The third-order valence-electron chi connectivity index (χ3n) is 5.23. The van der Waals surface area contributed by atoms with Crippen LogP contribution in [-0.4, -0.2) is 26.3 Å². The van der Waals surface area contributed by atoms with E-state index in [0.717, 1.165) is 12.1 Å². The second-order valence-corrected chi connectivity index (χ2v) is 10.5. The molecule has 14 heteroatoms. The lowest BCUT2D eigenvalue weighted by molar-refractivity contribution is 0.263. The lowest BCUT2D eigenvalue weighted by atomic mass is 10.1. The maximum absolute atomic E-state index is 12.8. The fourth-order valence-corrected chi connectivity index (χ4v) is 5.34. The highest BCUT2D eigenvalue weighted by molar-refractivity contribution is 7.87. The van der Waals surface area contributed by atoms with Gasteiger partial charge in [0.15, 0.2) is 0 Å². The Morgan fingerprint density at radius 2 is 0.750 bits per heavy atom. The predicted molar refractivity (Wildman–Crippen MR) is 125 cm³/mol. The Kier molecular flexibility index (Phi) is 5.15. The number of fused-ring (bicyclic) bond motifs is 2. The van der Waals surface area contributed by atoms with Gasteiger partial charge < -0.3 is 0 Å². The van der Waals surface area contributed by atoms with Gasteiger partial charge in [0, 0.05) is 0 Å². The van der Waals surface area contributed by atoms with Gasteiger partial charge in [0.1, 0.15) is 9.79 Å². The quantitative estimate of drug-likeness (QED) is 0.282. The van der Waals surface area contributed by atoms with E-state index in [-0.39, 0.29) is 19.3 Å². The average molecular weight is 528 g/mol. The van der Waals surface area contributed by atoms with E-state index >= 15 is 0 Å². The predicted octanol–water partition coefficient (Wildman–Crippen LogP) is -0.453. The molecule has 0 radical (unpaired) electrons. The Bertz CT molecular complexity index is 1860. The highest BCUT2D eigenvalue weighted by Gasteiger charge is 2.26. The molecule has 0 saturated carbocycles. The van der Waals surface area contributed by atoms with Gasteiger partial charge in [-0.25, -0.2) is 0 Å². The van der Waals surface area contributed by atoms with Crippen LogP contribution in [0, 0.1) is 0 Å². The van der Waals surface area contributed by atoms with E-state index < -0.39 is 64.0 Å². The van der Waals surface area contributed by atoms with Crippen LogP contribution in [0.2, 0.25) is 0 Å². The van der Waals surface area contributed by atoms with E-state index in [1.807, 2.05) is 0 Å². The van der Waals surface area contributed by atoms with Crippen LogP contribution in [0.25, 0.3) is 21.5 Å². The minimum atomic E-state index is -4.56. The molecule has 0 aliphatic carbocycles. The first kappa shape index (κ1) is 23.2. The number of aromatic nitrogens is 2. The zero-order chi connectivity index (χ0) is 25.8. The van der Waals surface area contributed by atoms with E-state index in [2.05, 4.69) is 0 Å². The molecular formula is C22H12N2O10S2. The summed E-state index contributed by atoms with van der Waals surface area (Å²) in [5, 5.41) is -1.68. The molecule has 0 aliphatic heterocycles. The SMILES string of the molecule is O=c1c2cc3c(=O)n(OS(=O)(=O)c4ccccc4)c(=O)c3cc2c(=O)n1OS(=O)(=O)c1ccccc1. The molecule has 36 heavy (non-hydrogen) atoms. The van der Waals surface area contributed by atoms with Crippen molar-refractivity contribution in [2.24, 2.45) is 0 Å². The molecule has 0 amide bonds. The molecule has 0 bridgehead atoms. The second kappa shape index (κ2) is 8.00. The molecule has 2 heterocycles. The first-order chi connectivity index (χ1) is 17.0. The van der Waals surface area contributed by atoms with Gasteiger partial charge in [0.25, 0.3) is 22.2 Å². The Hall–Kier alpha value is -4.56. The molecule has 0 spiro atoms. The highest BCUT2D eigenvalue weighted by atomic mass is 32.2. The summed E-state index contributed by atoms with van der Waals surface area (Å²) in [5.74, 6) is 0. The maximum atomic E-state index is 12.8. The molecule has 5 aromatic rings. The highest BCUT2D eigenvalue weighted by Crippen LogP contribution is 2.16. The van der Waals surface area contributed by atoms with Gasteiger partial charge in [0.05, 0.1) is 21.5 Å². The minimum absolute atomic E-state index is 0.00521. The van der Waals surface area contributed by atoms with Gasteiger partial charge in [-0.15, -0.1) is 0 Å². The molecule has 3 aromatic carbocycles. The van der Waals surface area contributed by atoms with E-state index in [1.165, 1.54) is 48.5 Å². The first-order valence-electron chi connectivity index (χ1n) is 9.96. The maximum Gasteiger partial charge on any atom is 0.357 e. The largest absolute Gasteiger partial charge is 0.357 e. The average Bonchev–Trinajstić information content (AvgIpc) is 3.23. The Labute approximate surface area is 200 Å². The number of nitrogens with zero attached hydrogens (tertiary/aromatic N) is 2. The Morgan fingerprint density at radius 3 is 1.03 bits per heavy atom. The molecule has 0 atom stereocenters. The second-order valence-electron chi connectivity index (χ2n) is 7.44. The van der Waals surface area contributed by atoms with Crippen LogP contribution < -0.4 is 30.8 Å². The summed E-state index contributed by atoms with van der Waals surface area (Å²) in [6.07, 6.45) is 0. The molecule has 0 N–H and O–H groups in total. The summed E-state index contributed by atoms with van der Waals surface area (Å²) in [7, 11) is -9.12. The number of hydrogen-bond acceptors (Lipinski definition) is 10. The summed E-state index contributed by atoms with van der Waals surface area (Å²) >= 11 is 0. The van der Waals surface area contributed by atoms with Crippen molar-refractivity contribution >= 4 is 41.8 Å². The van der Waals surface area contributed by atoms with Gasteiger partial charge in [-0.2, -0.15) is 16.8 Å². The van der Waals surface area contributed by atoms with E-state index in [0.29, 0.717) is 0 Å². The van der Waals surface area contributed by atoms with Crippen molar-refractivity contribution in [3.8, 4) is 0 Å². The molecule has 0 fully saturated rings. The number of rotatable bonds is 6. The molecule has 182 valence electrons. The fraction of sp³-hybridized carbons (Fsp3) is 0. The lowest BCUT2D eigenvalue weighted by Gasteiger charge is -2.04. The summed E-state index contributed by atoms with van der Waals surface area (Å²) in [4.78, 5) is 50.5. The van der Waals surface area contributed by atoms with Crippen molar-refractivity contribution in [1.29, 1.82) is 0 Å². The lowest BCUT2D eigenvalue weighted by Crippen LogP contribution is -2.36.